The van der Waals surface area contributed by atoms with Gasteiger partial charge in [0.2, 0.25) is 0 Å². The van der Waals surface area contributed by atoms with Crippen molar-refractivity contribution in [3.8, 4) is 0 Å². The molecular weight excluding hydrogens is 174 g/mol. The van der Waals surface area contributed by atoms with Crippen LogP contribution in [-0.4, -0.2) is 35.2 Å². The van der Waals surface area contributed by atoms with E-state index in [4.69, 9.17) is 4.74 Å². The van der Waals surface area contributed by atoms with E-state index in [1.807, 2.05) is 0 Å². The first-order valence-corrected chi connectivity index (χ1v) is 5.95. The Morgan fingerprint density at radius 1 is 1.29 bits per heavy atom. The van der Waals surface area contributed by atoms with Gasteiger partial charge in [0.15, 0.2) is 0 Å². The number of rotatable bonds is 2. The largest absolute Gasteiger partial charge is 0.371 e. The maximum atomic E-state index is 6.12. The van der Waals surface area contributed by atoms with Gasteiger partial charge in [0.25, 0.3) is 0 Å². The number of likely N-dealkylation sites (N-methyl/N-ethyl adjacent to an activating group) is 1. The fraction of sp³-hybridized carbons (Fsp3) is 1.00. The minimum absolute atomic E-state index is 0.0224. The van der Waals surface area contributed by atoms with Gasteiger partial charge in [0.1, 0.15) is 0 Å². The fourth-order valence-electron chi connectivity index (χ4n) is 3.12. The Morgan fingerprint density at radius 3 is 2.50 bits per heavy atom. The Hall–Kier alpha value is -0.0800. The van der Waals surface area contributed by atoms with Crippen LogP contribution in [0.4, 0.5) is 0 Å². The predicted molar refractivity (Wildman–Crippen MR) is 58.4 cm³/mol. The Labute approximate surface area is 87.6 Å². The van der Waals surface area contributed by atoms with Crippen LogP contribution < -0.4 is 0 Å². The number of hydrogen-bond donors (Lipinski definition) is 0. The highest BCUT2D eigenvalue weighted by molar-refractivity contribution is 5.01. The molecule has 0 aliphatic carbocycles. The van der Waals surface area contributed by atoms with Gasteiger partial charge in [-0.3, -0.25) is 4.90 Å². The normalized spacial score (nSPS) is 38.1. The minimum Gasteiger partial charge on any atom is -0.371 e. The van der Waals surface area contributed by atoms with E-state index in [9.17, 15) is 0 Å². The average Bonchev–Trinajstić information content (AvgIpc) is 2.56. The Balaban J connectivity index is 1.98. The van der Waals surface area contributed by atoms with E-state index in [1.165, 1.54) is 25.8 Å². The molecule has 0 spiro atoms. The molecule has 2 rings (SSSR count). The molecule has 3 atom stereocenters. The second-order valence-electron chi connectivity index (χ2n) is 5.63. The SMILES string of the molecule is CCN1C2CCC1C(OC(C)(C)C)C2. The van der Waals surface area contributed by atoms with E-state index in [1.54, 1.807) is 0 Å². The van der Waals surface area contributed by atoms with Crippen molar-refractivity contribution >= 4 is 0 Å². The van der Waals surface area contributed by atoms with Crippen molar-refractivity contribution in [2.75, 3.05) is 6.54 Å². The highest BCUT2D eigenvalue weighted by Crippen LogP contribution is 2.40. The zero-order valence-corrected chi connectivity index (χ0v) is 9.92. The fourth-order valence-corrected chi connectivity index (χ4v) is 3.12. The number of ether oxygens (including phenoxy) is 1. The molecule has 0 amide bonds. The third-order valence-electron chi connectivity index (χ3n) is 3.49. The lowest BCUT2D eigenvalue weighted by Crippen LogP contribution is -2.37. The van der Waals surface area contributed by atoms with Gasteiger partial charge in [0, 0.05) is 12.1 Å². The molecule has 0 aromatic rings. The third kappa shape index (κ3) is 1.82. The molecule has 2 nitrogen and oxygen atoms in total. The second kappa shape index (κ2) is 3.49. The van der Waals surface area contributed by atoms with Crippen LogP contribution in [0.3, 0.4) is 0 Å². The summed E-state index contributed by atoms with van der Waals surface area (Å²) in [4.78, 5) is 2.64. The van der Waals surface area contributed by atoms with Gasteiger partial charge >= 0.3 is 0 Å². The highest BCUT2D eigenvalue weighted by Gasteiger charge is 2.46. The Morgan fingerprint density at radius 2 is 2.00 bits per heavy atom. The van der Waals surface area contributed by atoms with Gasteiger partial charge in [-0.05, 0) is 46.6 Å². The molecule has 0 radical (unpaired) electrons. The molecular formula is C12H23NO. The summed E-state index contributed by atoms with van der Waals surface area (Å²) in [7, 11) is 0. The molecule has 2 heteroatoms. The lowest BCUT2D eigenvalue weighted by atomic mass is 9.97. The lowest BCUT2D eigenvalue weighted by Gasteiger charge is -2.30. The van der Waals surface area contributed by atoms with Gasteiger partial charge in [-0.25, -0.2) is 0 Å². The summed E-state index contributed by atoms with van der Waals surface area (Å²) in [5.41, 5.74) is 0.0224. The summed E-state index contributed by atoms with van der Waals surface area (Å²) in [5, 5.41) is 0. The van der Waals surface area contributed by atoms with Crippen LogP contribution in [0.25, 0.3) is 0 Å². The standard InChI is InChI=1S/C12H23NO/c1-5-13-9-6-7-10(13)11(8-9)14-12(2,3)4/h9-11H,5-8H2,1-4H3. The smallest absolute Gasteiger partial charge is 0.0752 e. The third-order valence-corrected chi connectivity index (χ3v) is 3.49. The number of nitrogens with zero attached hydrogens (tertiary/aromatic N) is 1. The Bertz CT molecular complexity index is 209. The van der Waals surface area contributed by atoms with E-state index in [2.05, 4.69) is 32.6 Å². The van der Waals surface area contributed by atoms with Gasteiger partial charge < -0.3 is 4.74 Å². The van der Waals surface area contributed by atoms with Crippen molar-refractivity contribution in [2.45, 2.75) is 70.7 Å². The van der Waals surface area contributed by atoms with E-state index in [0.29, 0.717) is 12.1 Å². The van der Waals surface area contributed by atoms with E-state index in [-0.39, 0.29) is 5.60 Å². The highest BCUT2D eigenvalue weighted by atomic mass is 16.5. The van der Waals surface area contributed by atoms with Gasteiger partial charge in [-0.15, -0.1) is 0 Å². The van der Waals surface area contributed by atoms with Crippen LogP contribution in [0.15, 0.2) is 0 Å². The molecule has 82 valence electrons. The molecule has 2 aliphatic heterocycles. The van der Waals surface area contributed by atoms with Gasteiger partial charge in [0.05, 0.1) is 11.7 Å². The van der Waals surface area contributed by atoms with Crippen LogP contribution >= 0.6 is 0 Å². The molecule has 0 aromatic carbocycles. The van der Waals surface area contributed by atoms with Gasteiger partial charge in [-0.2, -0.15) is 0 Å². The zero-order valence-electron chi connectivity index (χ0n) is 9.92. The van der Waals surface area contributed by atoms with Crippen LogP contribution in [-0.2, 0) is 4.74 Å². The number of fused-ring (bicyclic) bond motifs is 2. The maximum Gasteiger partial charge on any atom is 0.0752 e. The van der Waals surface area contributed by atoms with Crippen LogP contribution in [0, 0.1) is 0 Å². The maximum absolute atomic E-state index is 6.12. The monoisotopic (exact) mass is 197 g/mol. The summed E-state index contributed by atoms with van der Waals surface area (Å²) in [6, 6.07) is 1.53. The number of hydrogen-bond acceptors (Lipinski definition) is 2. The molecule has 14 heavy (non-hydrogen) atoms. The Kier molecular flexibility index (Phi) is 2.61. The van der Waals surface area contributed by atoms with Crippen molar-refractivity contribution < 1.29 is 4.74 Å². The summed E-state index contributed by atoms with van der Waals surface area (Å²) < 4.78 is 6.12. The summed E-state index contributed by atoms with van der Waals surface area (Å²) in [6.07, 6.45) is 4.49. The molecule has 0 saturated carbocycles. The molecule has 2 saturated heterocycles. The summed E-state index contributed by atoms with van der Waals surface area (Å²) in [6.45, 7) is 9.95. The van der Waals surface area contributed by atoms with Crippen molar-refractivity contribution in [2.24, 2.45) is 0 Å². The van der Waals surface area contributed by atoms with Crippen molar-refractivity contribution in [3.63, 3.8) is 0 Å². The van der Waals surface area contributed by atoms with Crippen molar-refractivity contribution in [1.29, 1.82) is 0 Å². The van der Waals surface area contributed by atoms with Crippen LogP contribution in [0.5, 0.6) is 0 Å². The average molecular weight is 197 g/mol. The summed E-state index contributed by atoms with van der Waals surface area (Å²) in [5.74, 6) is 0. The molecule has 3 unspecified atom stereocenters. The molecule has 2 fully saturated rings. The first-order chi connectivity index (χ1) is 6.51. The van der Waals surface area contributed by atoms with Crippen LogP contribution in [0.2, 0.25) is 0 Å². The van der Waals surface area contributed by atoms with Crippen molar-refractivity contribution in [3.05, 3.63) is 0 Å². The molecule has 0 N–H and O–H groups in total. The second-order valence-corrected chi connectivity index (χ2v) is 5.63. The van der Waals surface area contributed by atoms with Crippen LogP contribution in [0.1, 0.15) is 47.0 Å². The van der Waals surface area contributed by atoms with Gasteiger partial charge in [-0.1, -0.05) is 6.92 Å². The molecule has 2 bridgehead atoms. The zero-order chi connectivity index (χ0) is 10.3. The van der Waals surface area contributed by atoms with E-state index < -0.39 is 0 Å². The predicted octanol–water partition coefficient (Wildman–Crippen LogP) is 2.43. The summed E-state index contributed by atoms with van der Waals surface area (Å²) >= 11 is 0. The quantitative estimate of drug-likeness (QED) is 0.674. The first-order valence-electron chi connectivity index (χ1n) is 5.95. The van der Waals surface area contributed by atoms with E-state index >= 15 is 0 Å². The topological polar surface area (TPSA) is 12.5 Å². The molecule has 2 aliphatic rings. The first kappa shape index (κ1) is 10.4. The lowest BCUT2D eigenvalue weighted by molar-refractivity contribution is -0.0735. The van der Waals surface area contributed by atoms with E-state index in [0.717, 1.165) is 6.04 Å². The minimum atomic E-state index is 0.0224. The molecule has 0 aromatic heterocycles. The molecule has 2 heterocycles. The van der Waals surface area contributed by atoms with Crippen molar-refractivity contribution in [1.82, 2.24) is 4.90 Å².